The van der Waals surface area contributed by atoms with Crippen molar-refractivity contribution in [2.75, 3.05) is 44.3 Å². The summed E-state index contributed by atoms with van der Waals surface area (Å²) in [6, 6.07) is 11.6. The van der Waals surface area contributed by atoms with Gasteiger partial charge < -0.3 is 19.3 Å². The summed E-state index contributed by atoms with van der Waals surface area (Å²) in [6.45, 7) is 8.46. The molecule has 2 aliphatic rings. The summed E-state index contributed by atoms with van der Waals surface area (Å²) in [5.74, 6) is 1.28. The minimum Gasteiger partial charge on any atom is -0.490 e. The van der Waals surface area contributed by atoms with Crippen molar-refractivity contribution in [2.24, 2.45) is 0 Å². The lowest BCUT2D eigenvalue weighted by Crippen LogP contribution is -2.49. The van der Waals surface area contributed by atoms with E-state index in [4.69, 9.17) is 9.47 Å². The number of fused-ring (bicyclic) bond motifs is 1. The Bertz CT molecular complexity index is 964. The fraction of sp³-hybridized carbons (Fsp3) is 0.440. The molecule has 0 aliphatic carbocycles. The largest absolute Gasteiger partial charge is 0.490 e. The van der Waals surface area contributed by atoms with Crippen LogP contribution in [0.3, 0.4) is 0 Å². The molecule has 164 valence electrons. The monoisotopic (exact) mass is 422 g/mol. The standard InChI is InChI=1S/C25H30N2O4/c1-18-5-3-6-21(19(18)2)26-11-13-27(14-12-26)25(29)10-8-22(28)20-7-9-23-24(17-20)31-16-4-15-30-23/h3,5-7,9,17H,4,8,10-16H2,1-2H3. The lowest BCUT2D eigenvalue weighted by atomic mass is 10.0. The Kier molecular flexibility index (Phi) is 6.44. The van der Waals surface area contributed by atoms with Gasteiger partial charge in [0.15, 0.2) is 17.3 Å². The number of Topliss-reactive ketones (excluding diaryl/α,β-unsaturated/α-hetero) is 1. The maximum Gasteiger partial charge on any atom is 0.223 e. The van der Waals surface area contributed by atoms with Crippen LogP contribution in [0.5, 0.6) is 11.5 Å². The zero-order chi connectivity index (χ0) is 21.8. The SMILES string of the molecule is Cc1cccc(N2CCN(C(=O)CCC(=O)c3ccc4c(c3)OCCCO4)CC2)c1C. The second-order valence-electron chi connectivity index (χ2n) is 8.22. The van der Waals surface area contributed by atoms with E-state index in [9.17, 15) is 9.59 Å². The number of carbonyl (C=O) groups excluding carboxylic acids is 2. The molecular formula is C25H30N2O4. The Labute approximate surface area is 183 Å². The molecule has 0 aromatic heterocycles. The first kappa shape index (κ1) is 21.2. The Balaban J connectivity index is 1.29. The predicted molar refractivity (Wildman–Crippen MR) is 120 cm³/mol. The Morgan fingerprint density at radius 2 is 1.65 bits per heavy atom. The quantitative estimate of drug-likeness (QED) is 0.687. The van der Waals surface area contributed by atoms with Crippen LogP contribution in [0.4, 0.5) is 5.69 Å². The van der Waals surface area contributed by atoms with Crippen LogP contribution in [0, 0.1) is 13.8 Å². The third kappa shape index (κ3) is 4.84. The molecule has 0 bridgehead atoms. The van der Waals surface area contributed by atoms with Crippen molar-refractivity contribution >= 4 is 17.4 Å². The molecule has 0 N–H and O–H groups in total. The molecule has 0 atom stereocenters. The molecular weight excluding hydrogens is 392 g/mol. The van der Waals surface area contributed by atoms with Crippen LogP contribution < -0.4 is 14.4 Å². The topological polar surface area (TPSA) is 59.1 Å². The normalized spacial score (nSPS) is 16.1. The van der Waals surface area contributed by atoms with Crippen LogP contribution in [-0.4, -0.2) is 56.0 Å². The van der Waals surface area contributed by atoms with Gasteiger partial charge in [0.05, 0.1) is 13.2 Å². The number of nitrogens with zero attached hydrogens (tertiary/aromatic N) is 2. The van der Waals surface area contributed by atoms with Gasteiger partial charge in [0.25, 0.3) is 0 Å². The molecule has 4 rings (SSSR count). The highest BCUT2D eigenvalue weighted by molar-refractivity contribution is 5.98. The minimum atomic E-state index is -0.0435. The van der Waals surface area contributed by atoms with E-state index in [-0.39, 0.29) is 24.5 Å². The summed E-state index contributed by atoms with van der Waals surface area (Å²) in [4.78, 5) is 29.5. The first-order chi connectivity index (χ1) is 15.0. The minimum absolute atomic E-state index is 0.0435. The van der Waals surface area contributed by atoms with Gasteiger partial charge in [-0.3, -0.25) is 9.59 Å². The van der Waals surface area contributed by atoms with E-state index in [0.717, 1.165) is 19.5 Å². The summed E-state index contributed by atoms with van der Waals surface area (Å²) in [5, 5.41) is 0. The van der Waals surface area contributed by atoms with Crippen molar-refractivity contribution < 1.29 is 19.1 Å². The number of carbonyl (C=O) groups is 2. The molecule has 31 heavy (non-hydrogen) atoms. The van der Waals surface area contributed by atoms with E-state index in [1.54, 1.807) is 18.2 Å². The molecule has 1 amide bonds. The number of anilines is 1. The fourth-order valence-electron chi connectivity index (χ4n) is 4.13. The highest BCUT2D eigenvalue weighted by atomic mass is 16.5. The van der Waals surface area contributed by atoms with Crippen LogP contribution in [0.15, 0.2) is 36.4 Å². The maximum atomic E-state index is 12.7. The zero-order valence-electron chi connectivity index (χ0n) is 18.4. The molecule has 2 aromatic rings. The average Bonchev–Trinajstić information content (AvgIpc) is 3.04. The second-order valence-corrected chi connectivity index (χ2v) is 8.22. The summed E-state index contributed by atoms with van der Waals surface area (Å²) in [5.41, 5.74) is 4.39. The Morgan fingerprint density at radius 3 is 2.42 bits per heavy atom. The van der Waals surface area contributed by atoms with Gasteiger partial charge in [-0.15, -0.1) is 0 Å². The highest BCUT2D eigenvalue weighted by Gasteiger charge is 2.23. The van der Waals surface area contributed by atoms with E-state index in [1.807, 2.05) is 4.90 Å². The van der Waals surface area contributed by atoms with Gasteiger partial charge in [-0.2, -0.15) is 0 Å². The number of ketones is 1. The second kappa shape index (κ2) is 9.41. The van der Waals surface area contributed by atoms with Gasteiger partial charge in [0.2, 0.25) is 5.91 Å². The number of piperazine rings is 1. The van der Waals surface area contributed by atoms with Crippen molar-refractivity contribution in [3.05, 3.63) is 53.1 Å². The van der Waals surface area contributed by atoms with Crippen molar-refractivity contribution in [2.45, 2.75) is 33.1 Å². The van der Waals surface area contributed by atoms with Crippen LogP contribution in [0.1, 0.15) is 40.7 Å². The van der Waals surface area contributed by atoms with Crippen LogP contribution in [0.25, 0.3) is 0 Å². The molecule has 0 unspecified atom stereocenters. The zero-order valence-corrected chi connectivity index (χ0v) is 18.4. The summed E-state index contributed by atoms with van der Waals surface area (Å²) in [6.07, 6.45) is 1.26. The first-order valence-corrected chi connectivity index (χ1v) is 11.0. The summed E-state index contributed by atoms with van der Waals surface area (Å²) in [7, 11) is 0. The molecule has 6 nitrogen and oxygen atoms in total. The lowest BCUT2D eigenvalue weighted by Gasteiger charge is -2.37. The van der Waals surface area contributed by atoms with Gasteiger partial charge in [-0.05, 0) is 49.2 Å². The maximum absolute atomic E-state index is 12.7. The number of hydrogen-bond acceptors (Lipinski definition) is 5. The Morgan fingerprint density at radius 1 is 0.903 bits per heavy atom. The molecule has 2 aromatic carbocycles. The number of rotatable bonds is 5. The van der Waals surface area contributed by atoms with Gasteiger partial charge in [0, 0.05) is 56.7 Å². The summed E-state index contributed by atoms with van der Waals surface area (Å²) < 4.78 is 11.3. The van der Waals surface area contributed by atoms with Crippen molar-refractivity contribution in [3.8, 4) is 11.5 Å². The van der Waals surface area contributed by atoms with Crippen molar-refractivity contribution in [1.82, 2.24) is 4.90 Å². The Hall–Kier alpha value is -3.02. The van der Waals surface area contributed by atoms with Gasteiger partial charge >= 0.3 is 0 Å². The van der Waals surface area contributed by atoms with Crippen LogP contribution in [0.2, 0.25) is 0 Å². The lowest BCUT2D eigenvalue weighted by molar-refractivity contribution is -0.131. The van der Waals surface area contributed by atoms with E-state index >= 15 is 0 Å². The smallest absolute Gasteiger partial charge is 0.223 e. The molecule has 6 heteroatoms. The predicted octanol–water partition coefficient (Wildman–Crippen LogP) is 3.78. The average molecular weight is 423 g/mol. The number of amides is 1. The fourth-order valence-corrected chi connectivity index (χ4v) is 4.13. The molecule has 0 radical (unpaired) electrons. The van der Waals surface area contributed by atoms with Gasteiger partial charge in [0.1, 0.15) is 0 Å². The number of ether oxygens (including phenoxy) is 2. The van der Waals surface area contributed by atoms with Crippen LogP contribution in [-0.2, 0) is 4.79 Å². The number of hydrogen-bond donors (Lipinski definition) is 0. The molecule has 1 saturated heterocycles. The molecule has 0 saturated carbocycles. The molecule has 2 heterocycles. The van der Waals surface area contributed by atoms with Crippen molar-refractivity contribution in [1.29, 1.82) is 0 Å². The van der Waals surface area contributed by atoms with E-state index in [0.29, 0.717) is 43.4 Å². The highest BCUT2D eigenvalue weighted by Crippen LogP contribution is 2.31. The number of aryl methyl sites for hydroxylation is 1. The first-order valence-electron chi connectivity index (χ1n) is 11.0. The van der Waals surface area contributed by atoms with E-state index in [2.05, 4.69) is 36.9 Å². The van der Waals surface area contributed by atoms with E-state index < -0.39 is 0 Å². The molecule has 2 aliphatic heterocycles. The third-order valence-corrected chi connectivity index (χ3v) is 6.18. The van der Waals surface area contributed by atoms with Crippen molar-refractivity contribution in [3.63, 3.8) is 0 Å². The molecule has 0 spiro atoms. The van der Waals surface area contributed by atoms with Gasteiger partial charge in [-0.1, -0.05) is 12.1 Å². The molecule has 1 fully saturated rings. The van der Waals surface area contributed by atoms with Gasteiger partial charge in [-0.25, -0.2) is 0 Å². The van der Waals surface area contributed by atoms with Crippen LogP contribution >= 0.6 is 0 Å². The summed E-state index contributed by atoms with van der Waals surface area (Å²) >= 11 is 0. The third-order valence-electron chi connectivity index (χ3n) is 6.18. The number of benzene rings is 2. The van der Waals surface area contributed by atoms with E-state index in [1.165, 1.54) is 16.8 Å².